The Kier molecular flexibility index (Phi) is 4.14. The van der Waals surface area contributed by atoms with Crippen molar-refractivity contribution in [2.75, 3.05) is 5.32 Å². The summed E-state index contributed by atoms with van der Waals surface area (Å²) < 4.78 is 13.6. The minimum absolute atomic E-state index is 0.00752. The van der Waals surface area contributed by atoms with Gasteiger partial charge in [0.1, 0.15) is 5.82 Å². The molecule has 0 radical (unpaired) electrons. The number of halogens is 1. The molecule has 25 heavy (non-hydrogen) atoms. The highest BCUT2D eigenvalue weighted by molar-refractivity contribution is 7.11. The molecule has 1 N–H and O–H groups in total. The van der Waals surface area contributed by atoms with E-state index in [4.69, 9.17) is 0 Å². The number of hydrogen-bond donors (Lipinski definition) is 1. The molecule has 4 heteroatoms. The maximum atomic E-state index is 13.6. The van der Waals surface area contributed by atoms with Crippen molar-refractivity contribution in [1.82, 2.24) is 0 Å². The molecule has 126 valence electrons. The molecule has 0 fully saturated rings. The smallest absolute Gasteiger partial charge is 0.225 e. The van der Waals surface area contributed by atoms with Gasteiger partial charge >= 0.3 is 0 Å². The summed E-state index contributed by atoms with van der Waals surface area (Å²) >= 11 is 1.63. The lowest BCUT2D eigenvalue weighted by molar-refractivity contribution is -0.116. The summed E-state index contributed by atoms with van der Waals surface area (Å²) in [5.74, 6) is -0.207. The van der Waals surface area contributed by atoms with E-state index in [1.165, 1.54) is 17.7 Å². The van der Waals surface area contributed by atoms with E-state index in [9.17, 15) is 9.18 Å². The van der Waals surface area contributed by atoms with Crippen LogP contribution in [-0.2, 0) is 11.2 Å². The summed E-state index contributed by atoms with van der Waals surface area (Å²) in [6.45, 7) is 2.13. The maximum Gasteiger partial charge on any atom is 0.225 e. The highest BCUT2D eigenvalue weighted by Gasteiger charge is 2.30. The molecule has 1 aromatic heterocycles. The molecule has 1 aliphatic rings. The van der Waals surface area contributed by atoms with Gasteiger partial charge < -0.3 is 5.32 Å². The number of carbonyl (C=O) groups excluding carboxylic acids is 1. The van der Waals surface area contributed by atoms with Crippen LogP contribution in [0.5, 0.6) is 0 Å². The Morgan fingerprint density at radius 2 is 2.00 bits per heavy atom. The van der Waals surface area contributed by atoms with E-state index in [0.717, 1.165) is 33.7 Å². The van der Waals surface area contributed by atoms with Crippen LogP contribution in [0.2, 0.25) is 0 Å². The molecule has 0 aliphatic carbocycles. The van der Waals surface area contributed by atoms with Crippen LogP contribution >= 0.6 is 11.3 Å². The number of nitrogens with one attached hydrogen (secondary N) is 1. The fraction of sp³-hybridized carbons (Fsp3) is 0.190. The highest BCUT2D eigenvalue weighted by atomic mass is 32.1. The second-order valence-electron chi connectivity index (χ2n) is 6.30. The van der Waals surface area contributed by atoms with E-state index >= 15 is 0 Å². The number of rotatable bonds is 3. The van der Waals surface area contributed by atoms with Crippen LogP contribution < -0.4 is 5.32 Å². The van der Waals surface area contributed by atoms with Crippen LogP contribution in [0.25, 0.3) is 11.1 Å². The topological polar surface area (TPSA) is 29.1 Å². The fourth-order valence-corrected chi connectivity index (χ4v) is 4.51. The third kappa shape index (κ3) is 2.98. The van der Waals surface area contributed by atoms with Crippen LogP contribution in [0, 0.1) is 5.82 Å². The van der Waals surface area contributed by atoms with Crippen LogP contribution in [0.3, 0.4) is 0 Å². The molecule has 0 saturated carbocycles. The minimum atomic E-state index is -0.272. The van der Waals surface area contributed by atoms with Gasteiger partial charge in [-0.1, -0.05) is 43.3 Å². The molecule has 0 saturated heterocycles. The largest absolute Gasteiger partial charge is 0.325 e. The summed E-state index contributed by atoms with van der Waals surface area (Å²) in [6.07, 6.45) is 1.45. The summed E-state index contributed by atoms with van der Waals surface area (Å²) in [6, 6.07) is 15.0. The average molecular weight is 351 g/mol. The van der Waals surface area contributed by atoms with E-state index in [1.54, 1.807) is 17.4 Å². The van der Waals surface area contributed by atoms with E-state index in [-0.39, 0.29) is 17.6 Å². The van der Waals surface area contributed by atoms with Gasteiger partial charge in [0.15, 0.2) is 0 Å². The van der Waals surface area contributed by atoms with Gasteiger partial charge in [0.05, 0.1) is 5.69 Å². The molecule has 3 aromatic rings. The van der Waals surface area contributed by atoms with Gasteiger partial charge in [0, 0.05) is 28.2 Å². The van der Waals surface area contributed by atoms with Crippen molar-refractivity contribution in [3.8, 4) is 11.1 Å². The van der Waals surface area contributed by atoms with Crippen molar-refractivity contribution in [3.05, 3.63) is 75.7 Å². The fourth-order valence-electron chi connectivity index (χ4n) is 3.35. The Morgan fingerprint density at radius 1 is 1.20 bits per heavy atom. The normalized spacial score (nSPS) is 16.4. The predicted molar refractivity (Wildman–Crippen MR) is 101 cm³/mol. The first-order chi connectivity index (χ1) is 12.2. The molecule has 0 bridgehead atoms. The summed E-state index contributed by atoms with van der Waals surface area (Å²) in [7, 11) is 0. The summed E-state index contributed by atoms with van der Waals surface area (Å²) in [5.41, 5.74) is 4.95. The quantitative estimate of drug-likeness (QED) is 0.655. The molecule has 0 unspecified atom stereocenters. The second-order valence-corrected chi connectivity index (χ2v) is 7.21. The molecule has 0 spiro atoms. The van der Waals surface area contributed by atoms with Crippen LogP contribution in [0.1, 0.15) is 35.3 Å². The molecular weight excluding hydrogens is 333 g/mol. The van der Waals surface area contributed by atoms with Gasteiger partial charge in [-0.3, -0.25) is 4.79 Å². The third-order valence-corrected chi connectivity index (χ3v) is 5.81. The zero-order valence-corrected chi connectivity index (χ0v) is 14.7. The summed E-state index contributed by atoms with van der Waals surface area (Å²) in [4.78, 5) is 13.4. The van der Waals surface area contributed by atoms with Crippen molar-refractivity contribution >= 4 is 22.9 Å². The lowest BCUT2D eigenvalue weighted by Gasteiger charge is -2.24. The zero-order chi connectivity index (χ0) is 17.4. The number of aryl methyl sites for hydroxylation is 1. The van der Waals surface area contributed by atoms with Crippen molar-refractivity contribution in [1.29, 1.82) is 0 Å². The van der Waals surface area contributed by atoms with Crippen molar-refractivity contribution in [2.45, 2.75) is 25.7 Å². The second kappa shape index (κ2) is 6.45. The van der Waals surface area contributed by atoms with E-state index < -0.39 is 0 Å². The zero-order valence-electron chi connectivity index (χ0n) is 13.9. The van der Waals surface area contributed by atoms with Crippen molar-refractivity contribution in [2.24, 2.45) is 0 Å². The number of anilines is 1. The van der Waals surface area contributed by atoms with E-state index in [0.29, 0.717) is 6.42 Å². The molecule has 4 rings (SSSR count). The molecule has 2 nitrogen and oxygen atoms in total. The van der Waals surface area contributed by atoms with Gasteiger partial charge in [-0.15, -0.1) is 11.3 Å². The Morgan fingerprint density at radius 3 is 2.72 bits per heavy atom. The van der Waals surface area contributed by atoms with Crippen LogP contribution in [0.15, 0.2) is 53.9 Å². The lowest BCUT2D eigenvalue weighted by Crippen LogP contribution is -2.22. The number of amides is 1. The SMILES string of the molecule is CCc1ccc([C@H]2CC(=O)Nc3c(-c4cccc(F)c4)csc32)cc1. The van der Waals surface area contributed by atoms with Crippen molar-refractivity contribution in [3.63, 3.8) is 0 Å². The van der Waals surface area contributed by atoms with E-state index in [1.807, 2.05) is 11.4 Å². The van der Waals surface area contributed by atoms with Crippen molar-refractivity contribution < 1.29 is 9.18 Å². The summed E-state index contributed by atoms with van der Waals surface area (Å²) in [5, 5.41) is 5.01. The standard InChI is InChI=1S/C21H18FNOS/c1-2-13-6-8-14(9-7-13)17-11-19(24)23-20-18(12-25-21(17)20)15-4-3-5-16(22)10-15/h3-10,12,17H,2,11H2,1H3,(H,23,24)/t17-/m1/s1. The monoisotopic (exact) mass is 351 g/mol. The molecule has 2 heterocycles. The molecule has 2 aromatic carbocycles. The Hall–Kier alpha value is -2.46. The highest BCUT2D eigenvalue weighted by Crippen LogP contribution is 2.46. The lowest BCUT2D eigenvalue weighted by atomic mass is 9.88. The molecular formula is C21H18FNOS. The maximum absolute atomic E-state index is 13.6. The van der Waals surface area contributed by atoms with Crippen LogP contribution in [-0.4, -0.2) is 5.91 Å². The van der Waals surface area contributed by atoms with Gasteiger partial charge in [-0.25, -0.2) is 4.39 Å². The first kappa shape index (κ1) is 16.0. The van der Waals surface area contributed by atoms with Gasteiger partial charge in [0.2, 0.25) is 5.91 Å². The minimum Gasteiger partial charge on any atom is -0.325 e. The van der Waals surface area contributed by atoms with Gasteiger partial charge in [-0.05, 0) is 35.2 Å². The number of benzene rings is 2. The Labute approximate surface area is 150 Å². The first-order valence-corrected chi connectivity index (χ1v) is 9.29. The van der Waals surface area contributed by atoms with E-state index in [2.05, 4.69) is 36.5 Å². The number of hydrogen-bond acceptors (Lipinski definition) is 2. The first-order valence-electron chi connectivity index (χ1n) is 8.41. The molecule has 1 aliphatic heterocycles. The number of thiophene rings is 1. The predicted octanol–water partition coefficient (Wildman–Crippen LogP) is 5.59. The number of fused-ring (bicyclic) bond motifs is 1. The van der Waals surface area contributed by atoms with Gasteiger partial charge in [0.25, 0.3) is 0 Å². The Bertz CT molecular complexity index is 929. The average Bonchev–Trinajstić information content (AvgIpc) is 3.05. The van der Waals surface area contributed by atoms with Gasteiger partial charge in [-0.2, -0.15) is 0 Å². The number of carbonyl (C=O) groups is 1. The Balaban J connectivity index is 1.78. The molecule has 1 atom stereocenters. The third-order valence-electron chi connectivity index (χ3n) is 4.72. The van der Waals surface area contributed by atoms with Crippen LogP contribution in [0.4, 0.5) is 10.1 Å². The molecule has 1 amide bonds.